The van der Waals surface area contributed by atoms with Crippen LogP contribution in [0.1, 0.15) is 0 Å². The molecule has 0 aliphatic rings. The zero-order chi connectivity index (χ0) is 4.24. The molecule has 0 amide bonds. The lowest BCUT2D eigenvalue weighted by atomic mass is 11.9. The van der Waals surface area contributed by atoms with E-state index in [2.05, 4.69) is 11.1 Å². The van der Waals surface area contributed by atoms with E-state index in [0.29, 0.717) is 0 Å². The molecule has 1 heterocycles. The second-order valence-electron chi connectivity index (χ2n) is 0.693. The van der Waals surface area contributed by atoms with Crippen molar-refractivity contribution in [1.82, 2.24) is 0 Å². The third-order valence-electron chi connectivity index (χ3n) is 0.340. The lowest BCUT2D eigenvalue weighted by Crippen LogP contribution is -1.05. The van der Waals surface area contributed by atoms with Gasteiger partial charge in [-0.1, -0.05) is 0 Å². The SMILES string of the molecule is c1ppcpp1. The van der Waals surface area contributed by atoms with Gasteiger partial charge in [0.05, 0.1) is 0 Å². The van der Waals surface area contributed by atoms with E-state index >= 15 is 0 Å². The van der Waals surface area contributed by atoms with Crippen molar-refractivity contribution in [3.63, 3.8) is 0 Å². The Hall–Kier alpha value is 0.940. The average Bonchev–Trinajstić information content (AvgIpc) is 1.72. The van der Waals surface area contributed by atoms with Crippen molar-refractivity contribution in [1.29, 1.82) is 0 Å². The monoisotopic (exact) mass is 150 g/mol. The molecule has 6 heavy (non-hydrogen) atoms. The Kier molecular flexibility index (Phi) is 2.55. The molecule has 1 aromatic heterocycles. The standard InChI is InChI=1S/C2H2P4/c1-3-5-2-6-4-1/h1-2H. The van der Waals surface area contributed by atoms with Gasteiger partial charge >= 0.3 is 0 Å². The van der Waals surface area contributed by atoms with Crippen molar-refractivity contribution >= 4 is 31.5 Å². The normalized spacial score (nSPS) is 13.3. The van der Waals surface area contributed by atoms with E-state index < -0.39 is 0 Å². The zero-order valence-corrected chi connectivity index (χ0v) is 6.52. The Labute approximate surface area is 43.2 Å². The molecular weight excluding hydrogens is 148 g/mol. The van der Waals surface area contributed by atoms with Crippen molar-refractivity contribution in [3.8, 4) is 0 Å². The minimum atomic E-state index is 1.47. The summed E-state index contributed by atoms with van der Waals surface area (Å²) in [5.74, 6) is 0. The maximum atomic E-state index is 2.28. The molecule has 0 nitrogen and oxygen atoms in total. The molecule has 1 aromatic rings. The highest BCUT2D eigenvalue weighted by Gasteiger charge is 1.61. The molecule has 0 radical (unpaired) electrons. The lowest BCUT2D eigenvalue weighted by molar-refractivity contribution is 2.93. The molecule has 0 bridgehead atoms. The second-order valence-corrected chi connectivity index (χ2v) is 6.24. The Bertz CT molecular complexity index is 77.5. The van der Waals surface area contributed by atoms with Crippen LogP contribution in [-0.4, -0.2) is 0 Å². The molecule has 0 aliphatic heterocycles. The van der Waals surface area contributed by atoms with Gasteiger partial charge in [-0.05, 0) is 31.5 Å². The van der Waals surface area contributed by atoms with Gasteiger partial charge in [0.1, 0.15) is 0 Å². The molecule has 0 aromatic carbocycles. The van der Waals surface area contributed by atoms with Gasteiger partial charge in [-0.2, -0.15) is 0 Å². The minimum Gasteiger partial charge on any atom is -0.0378 e. The van der Waals surface area contributed by atoms with Crippen LogP contribution >= 0.6 is 31.5 Å². The topological polar surface area (TPSA) is 0 Å². The van der Waals surface area contributed by atoms with Crippen LogP contribution in [0.4, 0.5) is 0 Å². The van der Waals surface area contributed by atoms with Gasteiger partial charge in [0, 0.05) is 11.1 Å². The fraction of sp³-hybridized carbons (Fsp3) is 0. The van der Waals surface area contributed by atoms with Crippen LogP contribution in [0.25, 0.3) is 0 Å². The van der Waals surface area contributed by atoms with Crippen LogP contribution in [0.2, 0.25) is 0 Å². The van der Waals surface area contributed by atoms with Gasteiger partial charge < -0.3 is 0 Å². The Morgan fingerprint density at radius 3 is 1.17 bits per heavy atom. The summed E-state index contributed by atoms with van der Waals surface area (Å²) in [6, 6.07) is 0. The van der Waals surface area contributed by atoms with Crippen molar-refractivity contribution in [3.05, 3.63) is 11.1 Å². The van der Waals surface area contributed by atoms with Crippen LogP contribution in [0.15, 0.2) is 11.1 Å². The molecule has 0 spiro atoms. The predicted molar refractivity (Wildman–Crippen MR) is 36.5 cm³/mol. The summed E-state index contributed by atoms with van der Waals surface area (Å²) in [5, 5.41) is 0. The van der Waals surface area contributed by atoms with Crippen LogP contribution in [0, 0.1) is 0 Å². The smallest absolute Gasteiger partial charge is 0.00192 e. The molecule has 30 valence electrons. The third kappa shape index (κ3) is 1.59. The van der Waals surface area contributed by atoms with E-state index in [1.165, 1.54) is 31.5 Å². The van der Waals surface area contributed by atoms with Gasteiger partial charge in [-0.3, -0.25) is 0 Å². The quantitative estimate of drug-likeness (QED) is 0.524. The molecule has 1 rings (SSSR count). The maximum Gasteiger partial charge on any atom is 0.00192 e. The minimum absolute atomic E-state index is 1.47. The van der Waals surface area contributed by atoms with Crippen LogP contribution in [0.5, 0.6) is 0 Å². The molecule has 0 fully saturated rings. The average molecular weight is 150 g/mol. The second kappa shape index (κ2) is 3.01. The van der Waals surface area contributed by atoms with Crippen molar-refractivity contribution < 1.29 is 0 Å². The van der Waals surface area contributed by atoms with Gasteiger partial charge in [0.15, 0.2) is 0 Å². The van der Waals surface area contributed by atoms with E-state index in [-0.39, 0.29) is 0 Å². The molecule has 0 saturated carbocycles. The van der Waals surface area contributed by atoms with Gasteiger partial charge in [0.2, 0.25) is 0 Å². The van der Waals surface area contributed by atoms with E-state index in [4.69, 9.17) is 0 Å². The number of hydrogen-bond acceptors (Lipinski definition) is 0. The first-order chi connectivity index (χ1) is 3.00. The van der Waals surface area contributed by atoms with E-state index in [1.54, 1.807) is 0 Å². The fourth-order valence-corrected chi connectivity index (χ4v) is 6.96. The summed E-state index contributed by atoms with van der Waals surface area (Å²) in [6.45, 7) is 0. The largest absolute Gasteiger partial charge is 0.0378 e. The van der Waals surface area contributed by atoms with E-state index in [1.807, 2.05) is 0 Å². The molecule has 0 saturated heterocycles. The first-order valence-corrected chi connectivity index (χ1v) is 6.70. The molecular formula is C2H2P4. The first-order valence-electron chi connectivity index (χ1n) is 1.43. The summed E-state index contributed by atoms with van der Waals surface area (Å²) in [6.07, 6.45) is 0. The van der Waals surface area contributed by atoms with Crippen molar-refractivity contribution in [2.45, 2.75) is 0 Å². The summed E-state index contributed by atoms with van der Waals surface area (Å²) < 4.78 is 0. The molecule has 0 N–H and O–H groups in total. The lowest BCUT2D eigenvalue weighted by Gasteiger charge is -1.66. The van der Waals surface area contributed by atoms with Crippen molar-refractivity contribution in [2.24, 2.45) is 0 Å². The van der Waals surface area contributed by atoms with Gasteiger partial charge in [-0.25, -0.2) is 0 Å². The number of hydrogen-bond donors (Lipinski definition) is 0. The Morgan fingerprint density at radius 2 is 1.00 bits per heavy atom. The molecule has 0 unspecified atom stereocenters. The predicted octanol–water partition coefficient (Wildman–Crippen LogP) is 4.01. The fourth-order valence-electron chi connectivity index (χ4n) is 0.165. The van der Waals surface area contributed by atoms with Gasteiger partial charge in [-0.15, -0.1) is 0 Å². The highest BCUT2D eigenvalue weighted by atomic mass is 31.9. The van der Waals surface area contributed by atoms with E-state index in [9.17, 15) is 0 Å². The van der Waals surface area contributed by atoms with Crippen LogP contribution in [0.3, 0.4) is 0 Å². The summed E-state index contributed by atoms with van der Waals surface area (Å²) in [5.41, 5.74) is 4.56. The first kappa shape index (κ1) is 5.08. The van der Waals surface area contributed by atoms with Crippen LogP contribution < -0.4 is 0 Å². The zero-order valence-electron chi connectivity index (χ0n) is 2.94. The van der Waals surface area contributed by atoms with Gasteiger partial charge in [0.25, 0.3) is 0 Å². The highest BCUT2D eigenvalue weighted by molar-refractivity contribution is 8.02. The highest BCUT2D eigenvalue weighted by Crippen LogP contribution is 2.30. The maximum absolute atomic E-state index is 2.28. The third-order valence-corrected chi connectivity index (χ3v) is 6.78. The Morgan fingerprint density at radius 1 is 0.667 bits per heavy atom. The molecule has 0 aliphatic carbocycles. The van der Waals surface area contributed by atoms with Crippen molar-refractivity contribution in [2.75, 3.05) is 0 Å². The summed E-state index contributed by atoms with van der Waals surface area (Å²) in [7, 11) is 5.88. The Balaban J connectivity index is 3.00. The van der Waals surface area contributed by atoms with Crippen LogP contribution in [-0.2, 0) is 0 Å². The summed E-state index contributed by atoms with van der Waals surface area (Å²) >= 11 is 0. The summed E-state index contributed by atoms with van der Waals surface area (Å²) in [4.78, 5) is 0. The number of rotatable bonds is 0. The molecule has 0 atom stereocenters. The van der Waals surface area contributed by atoms with E-state index in [0.717, 1.165) is 0 Å². The molecule has 4 heteroatoms.